The van der Waals surface area contributed by atoms with Gasteiger partial charge >= 0.3 is 5.97 Å². The summed E-state index contributed by atoms with van der Waals surface area (Å²) in [6.07, 6.45) is 2.27. The maximum absolute atomic E-state index is 12.0. The number of aryl methyl sites for hydroxylation is 1. The predicted octanol–water partition coefficient (Wildman–Crippen LogP) is 0.247. The summed E-state index contributed by atoms with van der Waals surface area (Å²) >= 11 is 0. The molecule has 7 nitrogen and oxygen atoms in total. The molecule has 1 rings (SSSR count). The first-order valence-corrected chi connectivity index (χ1v) is 7.50. The van der Waals surface area contributed by atoms with Gasteiger partial charge in [-0.3, -0.25) is 4.79 Å². The van der Waals surface area contributed by atoms with E-state index >= 15 is 0 Å². The van der Waals surface area contributed by atoms with Crippen molar-refractivity contribution in [2.45, 2.75) is 18.2 Å². The summed E-state index contributed by atoms with van der Waals surface area (Å²) < 4.78 is 26.2. The maximum atomic E-state index is 12.0. The van der Waals surface area contributed by atoms with Gasteiger partial charge in [0.05, 0.1) is 4.90 Å². The van der Waals surface area contributed by atoms with Crippen LogP contribution in [0.3, 0.4) is 0 Å². The number of carboxylic acid groups (broad SMARTS) is 1. The number of nitrogens with one attached hydrogen (secondary N) is 1. The molecule has 0 atom stereocenters. The molecule has 0 fully saturated rings. The molecular formula is C13H16N2O5S. The van der Waals surface area contributed by atoms with Gasteiger partial charge in [0.1, 0.15) is 0 Å². The third kappa shape index (κ3) is 5.36. The number of amides is 1. The minimum absolute atomic E-state index is 0.0388. The fourth-order valence-corrected chi connectivity index (χ4v) is 2.67. The minimum Gasteiger partial charge on any atom is -0.478 e. The van der Waals surface area contributed by atoms with E-state index in [4.69, 9.17) is 10.8 Å². The lowest BCUT2D eigenvalue weighted by Gasteiger charge is -2.08. The first-order valence-electron chi connectivity index (χ1n) is 6.02. The van der Waals surface area contributed by atoms with Crippen LogP contribution in [0.1, 0.15) is 17.5 Å². The van der Waals surface area contributed by atoms with Crippen molar-refractivity contribution in [2.24, 2.45) is 5.73 Å². The summed E-state index contributed by atoms with van der Waals surface area (Å²) in [5.74, 6) is -1.68. The summed E-state index contributed by atoms with van der Waals surface area (Å²) in [5.41, 5.74) is 6.15. The molecule has 0 aliphatic heterocycles. The average molecular weight is 312 g/mol. The fraction of sp³-hybridized carbons (Fsp3) is 0.231. The van der Waals surface area contributed by atoms with Crippen LogP contribution in [0.25, 0.3) is 6.08 Å². The van der Waals surface area contributed by atoms with Gasteiger partial charge in [-0.05, 0) is 36.3 Å². The van der Waals surface area contributed by atoms with Crippen LogP contribution in [-0.4, -0.2) is 31.9 Å². The van der Waals surface area contributed by atoms with E-state index in [1.54, 1.807) is 6.92 Å². The first kappa shape index (κ1) is 16.9. The van der Waals surface area contributed by atoms with Crippen LogP contribution < -0.4 is 10.5 Å². The van der Waals surface area contributed by atoms with E-state index in [0.29, 0.717) is 11.1 Å². The second kappa shape index (κ2) is 7.00. The van der Waals surface area contributed by atoms with Gasteiger partial charge in [0.25, 0.3) is 0 Å². The van der Waals surface area contributed by atoms with Gasteiger partial charge in [0.2, 0.25) is 15.9 Å². The number of benzene rings is 1. The van der Waals surface area contributed by atoms with Gasteiger partial charge in [-0.2, -0.15) is 0 Å². The smallest absolute Gasteiger partial charge is 0.328 e. The Balaban J connectivity index is 2.92. The van der Waals surface area contributed by atoms with Crippen molar-refractivity contribution in [2.75, 3.05) is 6.54 Å². The molecule has 4 N–H and O–H groups in total. The number of rotatable bonds is 7. The van der Waals surface area contributed by atoms with Gasteiger partial charge in [0, 0.05) is 19.0 Å². The molecule has 0 unspecified atom stereocenters. The van der Waals surface area contributed by atoms with Gasteiger partial charge < -0.3 is 10.8 Å². The number of sulfonamides is 1. The second-order valence-electron chi connectivity index (χ2n) is 4.30. The van der Waals surface area contributed by atoms with E-state index in [9.17, 15) is 18.0 Å². The zero-order valence-corrected chi connectivity index (χ0v) is 12.2. The Morgan fingerprint density at radius 2 is 2.05 bits per heavy atom. The highest BCUT2D eigenvalue weighted by atomic mass is 32.2. The highest BCUT2D eigenvalue weighted by Crippen LogP contribution is 2.16. The number of carbonyl (C=O) groups excluding carboxylic acids is 1. The Bertz CT molecular complexity index is 680. The molecular weight excluding hydrogens is 296 g/mol. The molecule has 0 radical (unpaired) electrons. The van der Waals surface area contributed by atoms with Crippen molar-refractivity contribution in [3.05, 3.63) is 35.4 Å². The molecule has 0 aliphatic rings. The molecule has 0 aromatic heterocycles. The molecule has 0 saturated heterocycles. The van der Waals surface area contributed by atoms with Crippen LogP contribution in [0.2, 0.25) is 0 Å². The van der Waals surface area contributed by atoms with Crippen LogP contribution in [0.5, 0.6) is 0 Å². The molecule has 1 aromatic rings. The summed E-state index contributed by atoms with van der Waals surface area (Å²) in [6, 6.07) is 4.30. The van der Waals surface area contributed by atoms with Crippen molar-refractivity contribution < 1.29 is 23.1 Å². The zero-order chi connectivity index (χ0) is 16.0. The van der Waals surface area contributed by atoms with Crippen molar-refractivity contribution in [3.63, 3.8) is 0 Å². The Hall–Kier alpha value is -2.19. The molecule has 1 aromatic carbocycles. The first-order chi connectivity index (χ1) is 9.72. The standard InChI is InChI=1S/C13H16N2O5S/c1-9-8-11(4-2-10(9)3-5-13(17)18)21(19,20)15-7-6-12(14)16/h2-5,8,15H,6-7H2,1H3,(H2,14,16)(H,17,18). The molecule has 114 valence electrons. The molecule has 1 amide bonds. The van der Waals surface area contributed by atoms with Crippen LogP contribution in [0, 0.1) is 6.92 Å². The maximum Gasteiger partial charge on any atom is 0.328 e. The van der Waals surface area contributed by atoms with Crippen LogP contribution in [0.15, 0.2) is 29.2 Å². The third-order valence-corrected chi connectivity index (χ3v) is 4.08. The molecule has 0 bridgehead atoms. The number of nitrogens with two attached hydrogens (primary N) is 1. The summed E-state index contributed by atoms with van der Waals surface area (Å²) in [5, 5.41) is 8.56. The van der Waals surface area contributed by atoms with Gasteiger partial charge in [-0.25, -0.2) is 17.9 Å². The number of aliphatic carboxylic acids is 1. The number of carboxylic acids is 1. The molecule has 0 aliphatic carbocycles. The lowest BCUT2D eigenvalue weighted by Crippen LogP contribution is -2.28. The third-order valence-electron chi connectivity index (χ3n) is 2.62. The Morgan fingerprint density at radius 1 is 1.38 bits per heavy atom. The fourth-order valence-electron chi connectivity index (χ4n) is 1.56. The monoisotopic (exact) mass is 312 g/mol. The minimum atomic E-state index is -3.72. The zero-order valence-electron chi connectivity index (χ0n) is 11.4. The number of carbonyl (C=O) groups is 2. The predicted molar refractivity (Wildman–Crippen MR) is 76.8 cm³/mol. The molecule has 0 saturated carbocycles. The largest absolute Gasteiger partial charge is 0.478 e. The van der Waals surface area contributed by atoms with Crippen LogP contribution in [0.4, 0.5) is 0 Å². The second-order valence-corrected chi connectivity index (χ2v) is 6.07. The average Bonchev–Trinajstić information content (AvgIpc) is 2.36. The van der Waals surface area contributed by atoms with Crippen molar-refractivity contribution in [1.82, 2.24) is 4.72 Å². The SMILES string of the molecule is Cc1cc(S(=O)(=O)NCCC(N)=O)ccc1C=CC(=O)O. The topological polar surface area (TPSA) is 127 Å². The van der Waals surface area contributed by atoms with Gasteiger partial charge in [0.15, 0.2) is 0 Å². The van der Waals surface area contributed by atoms with Crippen LogP contribution >= 0.6 is 0 Å². The van der Waals surface area contributed by atoms with Crippen molar-refractivity contribution in [3.8, 4) is 0 Å². The Morgan fingerprint density at radius 3 is 2.57 bits per heavy atom. The quantitative estimate of drug-likeness (QED) is 0.622. The van der Waals surface area contributed by atoms with E-state index in [1.807, 2.05) is 0 Å². The summed E-state index contributed by atoms with van der Waals surface area (Å²) in [4.78, 5) is 21.1. The molecule has 0 spiro atoms. The lowest BCUT2D eigenvalue weighted by molar-refractivity contribution is -0.131. The molecule has 0 heterocycles. The van der Waals surface area contributed by atoms with Crippen molar-refractivity contribution >= 4 is 28.0 Å². The molecule has 21 heavy (non-hydrogen) atoms. The Kier molecular flexibility index (Phi) is 5.62. The van der Waals surface area contributed by atoms with Gasteiger partial charge in [-0.1, -0.05) is 6.07 Å². The number of hydrogen-bond acceptors (Lipinski definition) is 4. The van der Waals surface area contributed by atoms with E-state index in [-0.39, 0.29) is 17.9 Å². The molecule has 8 heteroatoms. The number of hydrogen-bond donors (Lipinski definition) is 3. The summed E-state index contributed by atoms with van der Waals surface area (Å²) in [7, 11) is -3.72. The van der Waals surface area contributed by atoms with E-state index < -0.39 is 21.9 Å². The van der Waals surface area contributed by atoms with Crippen molar-refractivity contribution in [1.29, 1.82) is 0 Å². The van der Waals surface area contributed by atoms with E-state index in [0.717, 1.165) is 6.08 Å². The number of primary amides is 1. The lowest BCUT2D eigenvalue weighted by atomic mass is 10.1. The highest BCUT2D eigenvalue weighted by molar-refractivity contribution is 7.89. The van der Waals surface area contributed by atoms with E-state index in [2.05, 4.69) is 4.72 Å². The highest BCUT2D eigenvalue weighted by Gasteiger charge is 2.14. The van der Waals surface area contributed by atoms with Gasteiger partial charge in [-0.15, -0.1) is 0 Å². The summed E-state index contributed by atoms with van der Waals surface area (Å²) in [6.45, 7) is 1.60. The normalized spacial score (nSPS) is 11.7. The van der Waals surface area contributed by atoms with E-state index in [1.165, 1.54) is 24.3 Å². The van der Waals surface area contributed by atoms with Crippen LogP contribution in [-0.2, 0) is 19.6 Å². The Labute approximate surface area is 122 Å².